The first kappa shape index (κ1) is 23.0. The molecule has 6 aromatic rings. The molecular weight excluding hydrogens is 513 g/mol. The highest BCUT2D eigenvalue weighted by molar-refractivity contribution is 7.26. The van der Waals surface area contributed by atoms with E-state index in [0.29, 0.717) is 43.9 Å². The molecule has 0 fully saturated rings. The number of rotatable bonds is 4. The number of nitro groups is 1. The number of hydrogen-bond acceptors (Lipinski definition) is 9. The minimum Gasteiger partial charge on any atom is -0.272 e. The molecule has 12 nitrogen and oxygen atoms in total. The fourth-order valence-corrected chi connectivity index (χ4v) is 5.30. The average molecular weight is 528 g/mol. The lowest BCUT2D eigenvalue weighted by Crippen LogP contribution is -2.08. The van der Waals surface area contributed by atoms with Crippen molar-refractivity contribution in [1.82, 2.24) is 44.1 Å². The molecule has 16 heteroatoms. The Morgan fingerprint density at radius 2 is 1.95 bits per heavy atom. The lowest BCUT2D eigenvalue weighted by molar-refractivity contribution is -0.385. The maximum atomic E-state index is 13.7. The molecule has 0 aliphatic carbocycles. The second-order valence-electron chi connectivity index (χ2n) is 8.38. The normalized spacial score (nSPS) is 12.4. The van der Waals surface area contributed by atoms with E-state index in [-0.39, 0.29) is 22.8 Å². The van der Waals surface area contributed by atoms with Crippen molar-refractivity contribution < 1.29 is 18.1 Å². The molecule has 37 heavy (non-hydrogen) atoms. The molecule has 0 spiro atoms. The Kier molecular flexibility index (Phi) is 4.82. The molecule has 0 radical (unpaired) electrons. The van der Waals surface area contributed by atoms with Crippen LogP contribution in [0, 0.1) is 24.0 Å². The first-order valence-corrected chi connectivity index (χ1v) is 11.5. The molecule has 0 aliphatic heterocycles. The number of aromatic nitrogens is 9. The zero-order chi connectivity index (χ0) is 26.2. The lowest BCUT2D eigenvalue weighted by Gasteiger charge is -2.10. The smallest absolute Gasteiger partial charge is 0.272 e. The third-order valence-electron chi connectivity index (χ3n) is 6.05. The van der Waals surface area contributed by atoms with Gasteiger partial charge in [-0.25, -0.2) is 19.5 Å². The van der Waals surface area contributed by atoms with Gasteiger partial charge in [-0.2, -0.15) is 23.4 Å². The summed E-state index contributed by atoms with van der Waals surface area (Å²) in [5.41, 5.74) is 1.49. The van der Waals surface area contributed by atoms with Gasteiger partial charge in [0.15, 0.2) is 11.5 Å². The van der Waals surface area contributed by atoms with E-state index in [0.717, 1.165) is 17.4 Å². The van der Waals surface area contributed by atoms with Crippen molar-refractivity contribution in [3.63, 3.8) is 0 Å². The minimum atomic E-state index is -4.65. The van der Waals surface area contributed by atoms with Crippen molar-refractivity contribution in [3.8, 4) is 11.1 Å². The van der Waals surface area contributed by atoms with Crippen molar-refractivity contribution in [2.24, 2.45) is 7.05 Å². The van der Waals surface area contributed by atoms with Crippen LogP contribution < -0.4 is 0 Å². The molecule has 0 atom stereocenters. The highest BCUT2D eigenvalue weighted by Crippen LogP contribution is 2.42. The van der Waals surface area contributed by atoms with Crippen LogP contribution in [-0.2, 0) is 19.8 Å². The first-order valence-electron chi connectivity index (χ1n) is 10.7. The van der Waals surface area contributed by atoms with E-state index in [2.05, 4.69) is 30.2 Å². The molecule has 0 amide bonds. The number of aryl methyl sites for hydroxylation is 2. The number of hydrogen-bond donors (Lipinski definition) is 0. The largest absolute Gasteiger partial charge is 0.433 e. The van der Waals surface area contributed by atoms with Crippen molar-refractivity contribution in [3.05, 3.63) is 57.8 Å². The summed E-state index contributed by atoms with van der Waals surface area (Å²) >= 11 is 1.04. The third kappa shape index (κ3) is 3.59. The van der Waals surface area contributed by atoms with Crippen molar-refractivity contribution in [1.29, 1.82) is 0 Å². The Morgan fingerprint density at radius 1 is 1.16 bits per heavy atom. The standard InChI is InChI=1S/C21H15F3N10O2S/c1-9-13(34(35)36)6-32(29-9)7-15-28-19-18-17(25-8-33(19)30-15)16-11(12-5-26-31(3)10(12)2)4-14(21(22,23)24)27-20(16)37-18/h4-6,8H,7H2,1-3H3. The monoisotopic (exact) mass is 528 g/mol. The van der Waals surface area contributed by atoms with Gasteiger partial charge in [0.05, 0.1) is 16.6 Å². The molecule has 0 N–H and O–H groups in total. The van der Waals surface area contributed by atoms with E-state index in [1.54, 1.807) is 18.7 Å². The highest BCUT2D eigenvalue weighted by Gasteiger charge is 2.35. The molecule has 0 saturated heterocycles. The zero-order valence-corrected chi connectivity index (χ0v) is 20.2. The average Bonchev–Trinajstić information content (AvgIpc) is 3.57. The van der Waals surface area contributed by atoms with Gasteiger partial charge in [0.1, 0.15) is 40.0 Å². The van der Waals surface area contributed by atoms with Crippen LogP contribution in [0.2, 0.25) is 0 Å². The van der Waals surface area contributed by atoms with E-state index in [1.165, 1.54) is 34.8 Å². The van der Waals surface area contributed by atoms with E-state index >= 15 is 0 Å². The van der Waals surface area contributed by atoms with Gasteiger partial charge in [-0.1, -0.05) is 0 Å². The van der Waals surface area contributed by atoms with Crippen LogP contribution in [0.15, 0.2) is 24.8 Å². The summed E-state index contributed by atoms with van der Waals surface area (Å²) in [4.78, 5) is 23.7. The van der Waals surface area contributed by atoms with Crippen LogP contribution in [0.4, 0.5) is 18.9 Å². The van der Waals surface area contributed by atoms with E-state index in [4.69, 9.17) is 0 Å². The quantitative estimate of drug-likeness (QED) is 0.247. The molecule has 188 valence electrons. The summed E-state index contributed by atoms with van der Waals surface area (Å²) in [5, 5.41) is 24.3. The second kappa shape index (κ2) is 7.76. The van der Waals surface area contributed by atoms with Gasteiger partial charge in [0.2, 0.25) is 0 Å². The number of alkyl halides is 3. The van der Waals surface area contributed by atoms with Crippen LogP contribution >= 0.6 is 11.3 Å². The van der Waals surface area contributed by atoms with Crippen LogP contribution in [0.5, 0.6) is 0 Å². The Morgan fingerprint density at radius 3 is 2.59 bits per heavy atom. The summed E-state index contributed by atoms with van der Waals surface area (Å²) in [6.45, 7) is 3.35. The predicted octanol–water partition coefficient (Wildman–Crippen LogP) is 4.08. The van der Waals surface area contributed by atoms with Gasteiger partial charge < -0.3 is 0 Å². The van der Waals surface area contributed by atoms with Crippen LogP contribution in [0.25, 0.3) is 37.2 Å². The molecule has 0 aromatic carbocycles. The summed E-state index contributed by atoms with van der Waals surface area (Å²) in [6.07, 6.45) is -0.411. The Bertz CT molecular complexity index is 1880. The predicted molar refractivity (Wildman–Crippen MR) is 126 cm³/mol. The van der Waals surface area contributed by atoms with Crippen LogP contribution in [-0.4, -0.2) is 49.1 Å². The van der Waals surface area contributed by atoms with Crippen molar-refractivity contribution in [2.45, 2.75) is 26.6 Å². The van der Waals surface area contributed by atoms with E-state index in [9.17, 15) is 23.3 Å². The molecule has 0 unspecified atom stereocenters. The number of fused-ring (bicyclic) bond motifs is 5. The van der Waals surface area contributed by atoms with Gasteiger partial charge >= 0.3 is 11.9 Å². The fraction of sp³-hybridized carbons (Fsp3) is 0.238. The van der Waals surface area contributed by atoms with Gasteiger partial charge in [-0.3, -0.25) is 19.5 Å². The van der Waals surface area contributed by atoms with Crippen molar-refractivity contribution in [2.75, 3.05) is 0 Å². The summed E-state index contributed by atoms with van der Waals surface area (Å²) in [6, 6.07) is 1.02. The molecule has 0 saturated carbocycles. The Balaban J connectivity index is 1.56. The van der Waals surface area contributed by atoms with Crippen LogP contribution in [0.1, 0.15) is 22.9 Å². The maximum absolute atomic E-state index is 13.7. The van der Waals surface area contributed by atoms with E-state index in [1.807, 2.05) is 0 Å². The molecule has 6 rings (SSSR count). The first-order chi connectivity index (χ1) is 17.5. The molecule has 6 heterocycles. The van der Waals surface area contributed by atoms with Crippen molar-refractivity contribution >= 4 is 43.1 Å². The topological polar surface area (TPSA) is 135 Å². The summed E-state index contributed by atoms with van der Waals surface area (Å²) < 4.78 is 46.1. The van der Waals surface area contributed by atoms with Gasteiger partial charge in [0, 0.05) is 23.7 Å². The lowest BCUT2D eigenvalue weighted by atomic mass is 10.0. The molecular formula is C21H15F3N10O2S. The molecule has 0 bridgehead atoms. The Labute approximate surface area is 208 Å². The SMILES string of the molecule is Cc1nn(Cc2nc3c4sc5nc(C(F)(F)F)cc(-c6cnn(C)c6C)c5c4ncn3n2)cc1[N+](=O)[O-]. The van der Waals surface area contributed by atoms with Gasteiger partial charge in [-0.05, 0) is 25.5 Å². The number of thiophene rings is 1. The molecule has 0 aliphatic rings. The highest BCUT2D eigenvalue weighted by atomic mass is 32.1. The number of nitrogens with zero attached hydrogens (tertiary/aromatic N) is 10. The Hall–Kier alpha value is -4.47. The zero-order valence-electron chi connectivity index (χ0n) is 19.3. The molecule has 6 aromatic heterocycles. The second-order valence-corrected chi connectivity index (χ2v) is 9.37. The third-order valence-corrected chi connectivity index (χ3v) is 7.12. The number of halogens is 3. The number of pyridine rings is 1. The fourth-order valence-electron chi connectivity index (χ4n) is 4.17. The van der Waals surface area contributed by atoms with Gasteiger partial charge in [0.25, 0.3) is 0 Å². The summed E-state index contributed by atoms with van der Waals surface area (Å²) in [5.74, 6) is 0.302. The minimum absolute atomic E-state index is 0.0549. The van der Waals surface area contributed by atoms with E-state index < -0.39 is 16.8 Å². The summed E-state index contributed by atoms with van der Waals surface area (Å²) in [7, 11) is 1.71. The van der Waals surface area contributed by atoms with Gasteiger partial charge in [-0.15, -0.1) is 16.4 Å². The van der Waals surface area contributed by atoms with Crippen LogP contribution in [0.3, 0.4) is 0 Å². The maximum Gasteiger partial charge on any atom is 0.433 e.